The van der Waals surface area contributed by atoms with Crippen molar-refractivity contribution >= 4 is 24.0 Å². The third kappa shape index (κ3) is 5.12. The molecule has 1 atom stereocenters. The zero-order chi connectivity index (χ0) is 20.9. The van der Waals surface area contributed by atoms with Crippen molar-refractivity contribution in [3.05, 3.63) is 71.4 Å². The number of benzene rings is 2. The zero-order valence-corrected chi connectivity index (χ0v) is 18.0. The van der Waals surface area contributed by atoms with Gasteiger partial charge in [-0.25, -0.2) is 0 Å². The van der Waals surface area contributed by atoms with E-state index in [1.54, 1.807) is 22.9 Å². The zero-order valence-electron chi connectivity index (χ0n) is 17.2. The van der Waals surface area contributed by atoms with E-state index in [9.17, 15) is 4.79 Å². The first-order chi connectivity index (χ1) is 14.7. The Hall–Kier alpha value is -3.18. The maximum Gasteiger partial charge on any atom is 0.273 e. The molecule has 8 heteroatoms. The topological polar surface area (TPSA) is 92.0 Å². The van der Waals surface area contributed by atoms with Gasteiger partial charge in [0.15, 0.2) is 0 Å². The molecular formula is C23H24ClN5O2. The van der Waals surface area contributed by atoms with Gasteiger partial charge in [-0.05, 0) is 42.8 Å². The van der Waals surface area contributed by atoms with E-state index in [4.69, 9.17) is 10.00 Å². The molecule has 0 spiro atoms. The molecule has 1 fully saturated rings. The van der Waals surface area contributed by atoms with E-state index in [1.807, 2.05) is 43.3 Å². The predicted octanol–water partition coefficient (Wildman–Crippen LogP) is 3.78. The van der Waals surface area contributed by atoms with E-state index in [-0.39, 0.29) is 24.4 Å². The first-order valence-electron chi connectivity index (χ1n) is 10.00. The Morgan fingerprint density at radius 1 is 1.29 bits per heavy atom. The molecule has 1 amide bonds. The Balaban J connectivity index is 0.00000272. The number of nitrogens with zero attached hydrogens (tertiary/aromatic N) is 3. The summed E-state index contributed by atoms with van der Waals surface area (Å²) >= 11 is 0. The van der Waals surface area contributed by atoms with E-state index < -0.39 is 0 Å². The first-order valence-corrected chi connectivity index (χ1v) is 10.00. The minimum absolute atomic E-state index is 0. The average molecular weight is 438 g/mol. The molecule has 2 aromatic carbocycles. The fraction of sp³-hybridized carbons (Fsp3) is 0.261. The maximum atomic E-state index is 12.9. The Kier molecular flexibility index (Phi) is 7.42. The smallest absolute Gasteiger partial charge is 0.273 e. The van der Waals surface area contributed by atoms with Crippen LogP contribution in [-0.2, 0) is 11.3 Å². The first kappa shape index (κ1) is 22.5. The number of hydrogen-bond acceptors (Lipinski definition) is 5. The molecule has 1 unspecified atom stereocenters. The van der Waals surface area contributed by atoms with Crippen molar-refractivity contribution in [1.82, 2.24) is 15.1 Å². The lowest BCUT2D eigenvalue weighted by Gasteiger charge is -2.24. The number of ether oxygens (including phenoxy) is 1. The molecule has 7 nitrogen and oxygen atoms in total. The molecule has 0 saturated carbocycles. The normalized spacial score (nSPS) is 15.5. The van der Waals surface area contributed by atoms with Gasteiger partial charge in [-0.15, -0.1) is 12.4 Å². The lowest BCUT2D eigenvalue weighted by molar-refractivity contribution is 0.0277. The van der Waals surface area contributed by atoms with Gasteiger partial charge in [-0.2, -0.15) is 10.4 Å². The predicted molar refractivity (Wildman–Crippen MR) is 121 cm³/mol. The van der Waals surface area contributed by atoms with Crippen LogP contribution in [0.4, 0.5) is 5.69 Å². The number of carbonyl (C=O) groups excluding carboxylic acids is 1. The van der Waals surface area contributed by atoms with Gasteiger partial charge in [0.2, 0.25) is 0 Å². The highest BCUT2D eigenvalue weighted by Gasteiger charge is 2.18. The highest BCUT2D eigenvalue weighted by atomic mass is 35.5. The number of anilines is 1. The second-order valence-electron chi connectivity index (χ2n) is 7.06. The summed E-state index contributed by atoms with van der Waals surface area (Å²) in [5.41, 5.74) is 4.29. The van der Waals surface area contributed by atoms with Crippen LogP contribution in [0.5, 0.6) is 0 Å². The molecule has 31 heavy (non-hydrogen) atoms. The molecule has 3 aromatic rings. The summed E-state index contributed by atoms with van der Waals surface area (Å²) in [6, 6.07) is 18.8. The van der Waals surface area contributed by atoms with Crippen LogP contribution in [0.25, 0.3) is 11.3 Å². The van der Waals surface area contributed by atoms with E-state index in [0.717, 1.165) is 24.2 Å². The standard InChI is InChI=1S/C23H23N5O2.ClH/c1-2-28-21(13-20(27-28)18-5-3-4-16(12-18)14-24)23(29)26-19-8-6-17(7-9-19)22-15-25-10-11-30-22;/h3-9,12-13,22,25H,2,10-11,15H2,1H3,(H,26,29);1H. The van der Waals surface area contributed by atoms with Gasteiger partial charge >= 0.3 is 0 Å². The summed E-state index contributed by atoms with van der Waals surface area (Å²) in [6.45, 7) is 4.86. The van der Waals surface area contributed by atoms with Crippen LogP contribution in [0.3, 0.4) is 0 Å². The SMILES string of the molecule is CCn1nc(-c2cccc(C#N)c2)cc1C(=O)Nc1ccc(C2CNCCO2)cc1.Cl. The summed E-state index contributed by atoms with van der Waals surface area (Å²) in [4.78, 5) is 12.9. The molecule has 2 heterocycles. The minimum atomic E-state index is -0.227. The van der Waals surface area contributed by atoms with Gasteiger partial charge in [0.1, 0.15) is 5.69 Å². The average Bonchev–Trinajstić information content (AvgIpc) is 3.25. The number of nitrogens with one attached hydrogen (secondary N) is 2. The largest absolute Gasteiger partial charge is 0.371 e. The van der Waals surface area contributed by atoms with Gasteiger partial charge < -0.3 is 15.4 Å². The molecule has 1 aromatic heterocycles. The van der Waals surface area contributed by atoms with Crippen LogP contribution < -0.4 is 10.6 Å². The highest BCUT2D eigenvalue weighted by Crippen LogP contribution is 2.23. The number of nitriles is 1. The van der Waals surface area contributed by atoms with Gasteiger partial charge in [0.25, 0.3) is 5.91 Å². The molecule has 0 radical (unpaired) electrons. The Morgan fingerprint density at radius 3 is 2.77 bits per heavy atom. The van der Waals surface area contributed by atoms with E-state index in [0.29, 0.717) is 35.8 Å². The van der Waals surface area contributed by atoms with Crippen LogP contribution in [0.2, 0.25) is 0 Å². The van der Waals surface area contributed by atoms with Crippen molar-refractivity contribution in [2.24, 2.45) is 0 Å². The molecule has 4 rings (SSSR count). The summed E-state index contributed by atoms with van der Waals surface area (Å²) in [7, 11) is 0. The lowest BCUT2D eigenvalue weighted by Crippen LogP contribution is -2.33. The molecule has 1 saturated heterocycles. The summed E-state index contributed by atoms with van der Waals surface area (Å²) in [6.07, 6.45) is 0.0387. The Morgan fingerprint density at radius 2 is 2.10 bits per heavy atom. The van der Waals surface area contributed by atoms with Crippen molar-refractivity contribution < 1.29 is 9.53 Å². The number of aromatic nitrogens is 2. The van der Waals surface area contributed by atoms with Crippen molar-refractivity contribution in [2.45, 2.75) is 19.6 Å². The number of rotatable bonds is 5. The van der Waals surface area contributed by atoms with Crippen LogP contribution in [0.15, 0.2) is 54.6 Å². The number of hydrogen-bond donors (Lipinski definition) is 2. The van der Waals surface area contributed by atoms with E-state index in [1.165, 1.54) is 0 Å². The number of carbonyl (C=O) groups is 1. The number of aryl methyl sites for hydroxylation is 1. The van der Waals surface area contributed by atoms with Crippen LogP contribution in [-0.4, -0.2) is 35.4 Å². The van der Waals surface area contributed by atoms with Gasteiger partial charge in [-0.1, -0.05) is 24.3 Å². The van der Waals surface area contributed by atoms with E-state index >= 15 is 0 Å². The summed E-state index contributed by atoms with van der Waals surface area (Å²) in [5.74, 6) is -0.227. The second kappa shape index (κ2) is 10.2. The lowest BCUT2D eigenvalue weighted by atomic mass is 10.1. The fourth-order valence-corrected chi connectivity index (χ4v) is 3.49. The second-order valence-corrected chi connectivity index (χ2v) is 7.06. The molecule has 1 aliphatic rings. The highest BCUT2D eigenvalue weighted by molar-refractivity contribution is 6.03. The molecule has 0 aliphatic carbocycles. The Bertz CT molecular complexity index is 1080. The fourth-order valence-electron chi connectivity index (χ4n) is 3.49. The van der Waals surface area contributed by atoms with Crippen molar-refractivity contribution in [3.63, 3.8) is 0 Å². The molecule has 2 N–H and O–H groups in total. The van der Waals surface area contributed by atoms with Crippen molar-refractivity contribution in [3.8, 4) is 17.3 Å². The van der Waals surface area contributed by atoms with Crippen molar-refractivity contribution in [2.75, 3.05) is 25.0 Å². The molecule has 160 valence electrons. The van der Waals surface area contributed by atoms with Gasteiger partial charge in [0, 0.05) is 30.9 Å². The molecule has 1 aliphatic heterocycles. The third-order valence-corrected chi connectivity index (χ3v) is 5.07. The number of halogens is 1. The van der Waals surface area contributed by atoms with Gasteiger partial charge in [-0.3, -0.25) is 9.48 Å². The van der Waals surface area contributed by atoms with E-state index in [2.05, 4.69) is 21.8 Å². The number of morpholine rings is 1. The molecular weight excluding hydrogens is 414 g/mol. The maximum absolute atomic E-state index is 12.9. The number of amides is 1. The monoisotopic (exact) mass is 437 g/mol. The minimum Gasteiger partial charge on any atom is -0.371 e. The van der Waals surface area contributed by atoms with Crippen molar-refractivity contribution in [1.29, 1.82) is 5.26 Å². The van der Waals surface area contributed by atoms with Crippen LogP contribution in [0.1, 0.15) is 34.6 Å². The Labute approximate surface area is 187 Å². The molecule has 0 bridgehead atoms. The third-order valence-electron chi connectivity index (χ3n) is 5.07. The van der Waals surface area contributed by atoms with Crippen LogP contribution >= 0.6 is 12.4 Å². The van der Waals surface area contributed by atoms with Crippen LogP contribution in [0, 0.1) is 11.3 Å². The quantitative estimate of drug-likeness (QED) is 0.633. The van der Waals surface area contributed by atoms with Gasteiger partial charge in [0.05, 0.1) is 30.0 Å². The summed E-state index contributed by atoms with van der Waals surface area (Å²) in [5, 5.41) is 19.9. The summed E-state index contributed by atoms with van der Waals surface area (Å²) < 4.78 is 7.43.